The SMILES string of the molecule is CC(CCO)NC(=O)c1cc(Cl)cc(Br)c1. The maximum Gasteiger partial charge on any atom is 0.251 e. The number of hydrogen-bond donors (Lipinski definition) is 2. The first-order chi connectivity index (χ1) is 7.52. The van der Waals surface area contributed by atoms with Gasteiger partial charge in [0.1, 0.15) is 0 Å². The molecular formula is C11H13BrClNO2. The zero-order valence-corrected chi connectivity index (χ0v) is 11.2. The molecule has 1 atom stereocenters. The van der Waals surface area contributed by atoms with Crippen LogP contribution in [0.2, 0.25) is 5.02 Å². The summed E-state index contributed by atoms with van der Waals surface area (Å²) in [6, 6.07) is 4.96. The van der Waals surface area contributed by atoms with E-state index in [1.807, 2.05) is 6.92 Å². The van der Waals surface area contributed by atoms with E-state index >= 15 is 0 Å². The van der Waals surface area contributed by atoms with Crippen LogP contribution in [0, 0.1) is 0 Å². The smallest absolute Gasteiger partial charge is 0.251 e. The van der Waals surface area contributed by atoms with Crippen molar-refractivity contribution in [2.45, 2.75) is 19.4 Å². The van der Waals surface area contributed by atoms with Gasteiger partial charge in [0.25, 0.3) is 5.91 Å². The van der Waals surface area contributed by atoms with Crippen molar-refractivity contribution in [3.8, 4) is 0 Å². The largest absolute Gasteiger partial charge is 0.396 e. The highest BCUT2D eigenvalue weighted by Gasteiger charge is 2.10. The fourth-order valence-electron chi connectivity index (χ4n) is 1.26. The van der Waals surface area contributed by atoms with Crippen LogP contribution in [0.25, 0.3) is 0 Å². The molecule has 88 valence electrons. The van der Waals surface area contributed by atoms with Gasteiger partial charge in [0.05, 0.1) is 0 Å². The minimum Gasteiger partial charge on any atom is -0.396 e. The van der Waals surface area contributed by atoms with E-state index in [1.165, 1.54) is 0 Å². The van der Waals surface area contributed by atoms with Crippen molar-refractivity contribution < 1.29 is 9.90 Å². The normalized spacial score (nSPS) is 12.2. The van der Waals surface area contributed by atoms with Gasteiger partial charge in [-0.1, -0.05) is 27.5 Å². The van der Waals surface area contributed by atoms with E-state index in [0.717, 1.165) is 4.47 Å². The van der Waals surface area contributed by atoms with Crippen LogP contribution in [0.5, 0.6) is 0 Å². The Hall–Kier alpha value is -0.580. The topological polar surface area (TPSA) is 49.3 Å². The Bertz CT molecular complexity index is 364. The lowest BCUT2D eigenvalue weighted by molar-refractivity contribution is 0.0934. The number of halogens is 2. The number of aliphatic hydroxyl groups excluding tert-OH is 1. The number of benzene rings is 1. The molecule has 1 rings (SSSR count). The van der Waals surface area contributed by atoms with Crippen molar-refractivity contribution in [2.75, 3.05) is 6.61 Å². The molecule has 1 aromatic rings. The summed E-state index contributed by atoms with van der Waals surface area (Å²) in [5, 5.41) is 12.0. The molecule has 0 aliphatic carbocycles. The molecule has 0 saturated carbocycles. The van der Waals surface area contributed by atoms with Gasteiger partial charge in [-0.15, -0.1) is 0 Å². The number of hydrogen-bond acceptors (Lipinski definition) is 2. The standard InChI is InChI=1S/C11H13BrClNO2/c1-7(2-3-15)14-11(16)8-4-9(12)6-10(13)5-8/h4-7,15H,2-3H2,1H3,(H,14,16). The van der Waals surface area contributed by atoms with Crippen LogP contribution in [-0.4, -0.2) is 23.7 Å². The maximum atomic E-state index is 11.8. The Morgan fingerprint density at radius 3 is 2.81 bits per heavy atom. The molecule has 0 aromatic heterocycles. The van der Waals surface area contributed by atoms with Crippen molar-refractivity contribution in [1.82, 2.24) is 5.32 Å². The monoisotopic (exact) mass is 305 g/mol. The van der Waals surface area contributed by atoms with Crippen LogP contribution in [0.3, 0.4) is 0 Å². The predicted octanol–water partition coefficient (Wildman–Crippen LogP) is 2.60. The zero-order chi connectivity index (χ0) is 12.1. The Morgan fingerprint density at radius 2 is 2.25 bits per heavy atom. The maximum absolute atomic E-state index is 11.8. The molecule has 0 heterocycles. The first-order valence-corrected chi connectivity index (χ1v) is 6.08. The van der Waals surface area contributed by atoms with Crippen molar-refractivity contribution >= 4 is 33.4 Å². The lowest BCUT2D eigenvalue weighted by atomic mass is 10.2. The quantitative estimate of drug-likeness (QED) is 0.898. The lowest BCUT2D eigenvalue weighted by Gasteiger charge is -2.12. The van der Waals surface area contributed by atoms with Gasteiger partial charge in [-0.3, -0.25) is 4.79 Å². The summed E-state index contributed by atoms with van der Waals surface area (Å²) in [4.78, 5) is 11.8. The highest BCUT2D eigenvalue weighted by Crippen LogP contribution is 2.19. The zero-order valence-electron chi connectivity index (χ0n) is 8.84. The molecule has 0 spiro atoms. The number of aliphatic hydroxyl groups is 1. The van der Waals surface area contributed by atoms with E-state index in [2.05, 4.69) is 21.2 Å². The van der Waals surface area contributed by atoms with Crippen LogP contribution < -0.4 is 5.32 Å². The van der Waals surface area contributed by atoms with E-state index in [-0.39, 0.29) is 18.6 Å². The Balaban J connectivity index is 2.72. The number of amides is 1. The molecule has 0 bridgehead atoms. The molecule has 0 aliphatic rings. The molecule has 1 unspecified atom stereocenters. The Kier molecular flexibility index (Phi) is 5.25. The van der Waals surface area contributed by atoms with Crippen LogP contribution in [0.4, 0.5) is 0 Å². The van der Waals surface area contributed by atoms with Gasteiger partial charge < -0.3 is 10.4 Å². The molecule has 0 aliphatic heterocycles. The molecule has 16 heavy (non-hydrogen) atoms. The number of carbonyl (C=O) groups excluding carboxylic acids is 1. The van der Waals surface area contributed by atoms with Crippen molar-refractivity contribution in [1.29, 1.82) is 0 Å². The summed E-state index contributed by atoms with van der Waals surface area (Å²) in [6.45, 7) is 1.90. The number of nitrogens with one attached hydrogen (secondary N) is 1. The van der Waals surface area contributed by atoms with Gasteiger partial charge in [0.2, 0.25) is 0 Å². The summed E-state index contributed by atoms with van der Waals surface area (Å²) >= 11 is 9.12. The van der Waals surface area contributed by atoms with E-state index in [9.17, 15) is 4.79 Å². The van der Waals surface area contributed by atoms with Crippen molar-refractivity contribution in [3.05, 3.63) is 33.3 Å². The van der Waals surface area contributed by atoms with Gasteiger partial charge in [-0.25, -0.2) is 0 Å². The summed E-state index contributed by atoms with van der Waals surface area (Å²) in [5.41, 5.74) is 0.504. The van der Waals surface area contributed by atoms with Gasteiger partial charge in [0.15, 0.2) is 0 Å². The second-order valence-corrected chi connectivity index (χ2v) is 4.90. The van der Waals surface area contributed by atoms with E-state index in [4.69, 9.17) is 16.7 Å². The average Bonchev–Trinajstić information content (AvgIpc) is 2.16. The third-order valence-corrected chi connectivity index (χ3v) is 2.74. The first kappa shape index (κ1) is 13.5. The Labute approximate surface area is 108 Å². The van der Waals surface area contributed by atoms with Crippen LogP contribution in [-0.2, 0) is 0 Å². The second-order valence-electron chi connectivity index (χ2n) is 3.54. The van der Waals surface area contributed by atoms with Gasteiger partial charge in [-0.05, 0) is 31.5 Å². The fourth-order valence-corrected chi connectivity index (χ4v) is 2.12. The highest BCUT2D eigenvalue weighted by atomic mass is 79.9. The average molecular weight is 307 g/mol. The molecule has 0 saturated heterocycles. The van der Waals surface area contributed by atoms with Gasteiger partial charge in [-0.2, -0.15) is 0 Å². The van der Waals surface area contributed by atoms with Crippen LogP contribution >= 0.6 is 27.5 Å². The third kappa shape index (κ3) is 4.12. The molecule has 0 radical (unpaired) electrons. The third-order valence-electron chi connectivity index (χ3n) is 2.06. The van der Waals surface area contributed by atoms with E-state index in [1.54, 1.807) is 18.2 Å². The number of carbonyl (C=O) groups is 1. The van der Waals surface area contributed by atoms with Gasteiger partial charge >= 0.3 is 0 Å². The van der Waals surface area contributed by atoms with E-state index < -0.39 is 0 Å². The van der Waals surface area contributed by atoms with E-state index in [0.29, 0.717) is 17.0 Å². The molecule has 0 fully saturated rings. The summed E-state index contributed by atoms with van der Waals surface area (Å²) in [7, 11) is 0. The van der Waals surface area contributed by atoms with Crippen LogP contribution in [0.1, 0.15) is 23.7 Å². The molecular weight excluding hydrogens is 293 g/mol. The van der Waals surface area contributed by atoms with Crippen molar-refractivity contribution in [2.24, 2.45) is 0 Å². The molecule has 5 heteroatoms. The van der Waals surface area contributed by atoms with Gasteiger partial charge in [0, 0.05) is 27.7 Å². The predicted molar refractivity (Wildman–Crippen MR) is 67.8 cm³/mol. The van der Waals surface area contributed by atoms with Crippen LogP contribution in [0.15, 0.2) is 22.7 Å². The summed E-state index contributed by atoms with van der Waals surface area (Å²) in [5.74, 6) is -0.191. The molecule has 1 amide bonds. The fraction of sp³-hybridized carbons (Fsp3) is 0.364. The first-order valence-electron chi connectivity index (χ1n) is 4.90. The molecule has 1 aromatic carbocycles. The number of rotatable bonds is 4. The second kappa shape index (κ2) is 6.23. The Morgan fingerprint density at radius 1 is 1.56 bits per heavy atom. The minimum atomic E-state index is -0.191. The highest BCUT2D eigenvalue weighted by molar-refractivity contribution is 9.10. The lowest BCUT2D eigenvalue weighted by Crippen LogP contribution is -2.33. The summed E-state index contributed by atoms with van der Waals surface area (Å²) < 4.78 is 0.764. The summed E-state index contributed by atoms with van der Waals surface area (Å²) in [6.07, 6.45) is 0.535. The molecule has 2 N–H and O–H groups in total. The molecule has 3 nitrogen and oxygen atoms in total. The minimum absolute atomic E-state index is 0.0562. The van der Waals surface area contributed by atoms with Crippen molar-refractivity contribution in [3.63, 3.8) is 0 Å².